The molecule has 0 saturated heterocycles. The Morgan fingerprint density at radius 3 is 0.893 bits per heavy atom. The molecule has 0 heterocycles. The fourth-order valence-corrected chi connectivity index (χ4v) is 2.47. The second kappa shape index (κ2) is 15.4. The van der Waals surface area contributed by atoms with Crippen LogP contribution in [0.3, 0.4) is 0 Å². The summed E-state index contributed by atoms with van der Waals surface area (Å²) in [4.78, 5) is 43.0. The molecule has 8 heteroatoms. The Hall–Kier alpha value is -2.64. The predicted octanol–water partition coefficient (Wildman–Crippen LogP) is 4.10. The number of hydrogen-bond donors (Lipinski definition) is 4. The highest BCUT2D eigenvalue weighted by molar-refractivity contribution is 5.99. The molecule has 0 rings (SSSR count). The van der Waals surface area contributed by atoms with Gasteiger partial charge in [-0.25, -0.2) is 19.2 Å². The van der Waals surface area contributed by atoms with Crippen LogP contribution in [0.2, 0.25) is 0 Å². The largest absolute Gasteiger partial charge is 0.478 e. The monoisotopic (exact) mass is 400 g/mol. The highest BCUT2D eigenvalue weighted by Gasteiger charge is 2.19. The van der Waals surface area contributed by atoms with Gasteiger partial charge in [0.15, 0.2) is 0 Å². The zero-order valence-corrected chi connectivity index (χ0v) is 17.1. The Morgan fingerprint density at radius 2 is 0.750 bits per heavy atom. The first-order valence-electron chi connectivity index (χ1n) is 9.45. The van der Waals surface area contributed by atoms with E-state index < -0.39 is 23.9 Å². The lowest BCUT2D eigenvalue weighted by molar-refractivity contribution is -0.136. The molecule has 0 spiro atoms. The highest BCUT2D eigenvalue weighted by atomic mass is 16.4. The summed E-state index contributed by atoms with van der Waals surface area (Å²) in [6, 6.07) is 0. The molecule has 0 aliphatic heterocycles. The number of rotatable bonds is 12. The lowest BCUT2D eigenvalue weighted by Crippen LogP contribution is -2.11. The molecule has 28 heavy (non-hydrogen) atoms. The van der Waals surface area contributed by atoms with E-state index >= 15 is 0 Å². The molecule has 160 valence electrons. The van der Waals surface area contributed by atoms with Gasteiger partial charge >= 0.3 is 23.9 Å². The van der Waals surface area contributed by atoms with Gasteiger partial charge in [0.05, 0.1) is 0 Å². The van der Waals surface area contributed by atoms with Gasteiger partial charge in [-0.3, -0.25) is 0 Å². The van der Waals surface area contributed by atoms with Gasteiger partial charge in [0, 0.05) is 22.3 Å². The minimum atomic E-state index is -1.14. The molecule has 0 aromatic rings. The summed E-state index contributed by atoms with van der Waals surface area (Å²) < 4.78 is 0. The Labute approximate surface area is 165 Å². The molecule has 0 unspecified atom stereocenters. The SMILES string of the molecule is CC/C(C(=O)O)=C(\CC)C(=O)O.CCCC/C(C(=O)O)=C(\CCCC)C(=O)O. The molecular formula is C20H32O8. The maximum absolute atomic E-state index is 11.0. The van der Waals surface area contributed by atoms with E-state index in [0.717, 1.165) is 12.8 Å². The first-order chi connectivity index (χ1) is 13.1. The summed E-state index contributed by atoms with van der Waals surface area (Å²) in [5, 5.41) is 35.2. The predicted molar refractivity (Wildman–Crippen MR) is 104 cm³/mol. The van der Waals surface area contributed by atoms with E-state index in [1.54, 1.807) is 13.8 Å². The van der Waals surface area contributed by atoms with Crippen molar-refractivity contribution in [2.24, 2.45) is 0 Å². The third-order valence-corrected chi connectivity index (χ3v) is 4.03. The molecule has 0 amide bonds. The van der Waals surface area contributed by atoms with Crippen molar-refractivity contribution in [1.29, 1.82) is 0 Å². The maximum Gasteiger partial charge on any atom is 0.332 e. The fourth-order valence-electron chi connectivity index (χ4n) is 2.47. The van der Waals surface area contributed by atoms with Crippen LogP contribution in [0.4, 0.5) is 0 Å². The average molecular weight is 400 g/mol. The van der Waals surface area contributed by atoms with Gasteiger partial charge < -0.3 is 20.4 Å². The standard InChI is InChI=1S/C12H20O4.C8H12O4/c1-3-5-7-9(11(13)14)10(12(15)16)8-6-4-2;1-3-5(7(9)10)6(4-2)8(11)12/h3-8H2,1-2H3,(H,13,14)(H,15,16);3-4H2,1-2H3,(H,9,10)(H,11,12)/b10-9-;6-5-. The Balaban J connectivity index is 0. The van der Waals surface area contributed by atoms with E-state index in [9.17, 15) is 19.2 Å². The number of hydrogen-bond acceptors (Lipinski definition) is 4. The van der Waals surface area contributed by atoms with Crippen LogP contribution >= 0.6 is 0 Å². The molecule has 0 aromatic carbocycles. The molecule has 4 N–H and O–H groups in total. The number of aliphatic carboxylic acids is 4. The van der Waals surface area contributed by atoms with Crippen molar-refractivity contribution in [2.45, 2.75) is 79.1 Å². The van der Waals surface area contributed by atoms with E-state index in [1.165, 1.54) is 0 Å². The minimum absolute atomic E-state index is 0.00926. The topological polar surface area (TPSA) is 149 Å². The van der Waals surface area contributed by atoms with Crippen LogP contribution in [0, 0.1) is 0 Å². The molecule has 8 nitrogen and oxygen atoms in total. The third kappa shape index (κ3) is 10.5. The molecule has 0 aliphatic carbocycles. The lowest BCUT2D eigenvalue weighted by atomic mass is 9.98. The molecule has 0 aromatic heterocycles. The smallest absolute Gasteiger partial charge is 0.332 e. The van der Waals surface area contributed by atoms with Crippen LogP contribution in [0.1, 0.15) is 79.1 Å². The summed E-state index contributed by atoms with van der Waals surface area (Å²) in [6.45, 7) is 7.15. The first-order valence-corrected chi connectivity index (χ1v) is 9.45. The highest BCUT2D eigenvalue weighted by Crippen LogP contribution is 2.18. The van der Waals surface area contributed by atoms with Gasteiger partial charge in [0.1, 0.15) is 0 Å². The zero-order chi connectivity index (χ0) is 22.3. The van der Waals surface area contributed by atoms with Crippen LogP contribution < -0.4 is 0 Å². The molecule has 0 atom stereocenters. The Kier molecular flexibility index (Phi) is 15.2. The van der Waals surface area contributed by atoms with Gasteiger partial charge in [-0.1, -0.05) is 40.5 Å². The number of carbonyl (C=O) groups is 4. The fraction of sp³-hybridized carbons (Fsp3) is 0.600. The quantitative estimate of drug-likeness (QED) is 0.358. The second-order valence-corrected chi connectivity index (χ2v) is 6.05. The summed E-state index contributed by atoms with van der Waals surface area (Å²) in [7, 11) is 0. The Bertz CT molecular complexity index is 562. The normalized spacial score (nSPS) is 12.1. The van der Waals surface area contributed by atoms with Crippen molar-refractivity contribution < 1.29 is 39.6 Å². The van der Waals surface area contributed by atoms with E-state index in [-0.39, 0.29) is 35.1 Å². The summed E-state index contributed by atoms with van der Waals surface area (Å²) in [6.07, 6.45) is 4.31. The van der Waals surface area contributed by atoms with Crippen molar-refractivity contribution in [3.63, 3.8) is 0 Å². The van der Waals surface area contributed by atoms with Crippen LogP contribution in [0.5, 0.6) is 0 Å². The van der Waals surface area contributed by atoms with Crippen molar-refractivity contribution in [2.75, 3.05) is 0 Å². The lowest BCUT2D eigenvalue weighted by Gasteiger charge is -2.08. The zero-order valence-electron chi connectivity index (χ0n) is 17.1. The molecule has 0 bridgehead atoms. The average Bonchev–Trinajstić information content (AvgIpc) is 2.61. The first kappa shape index (κ1) is 27.6. The van der Waals surface area contributed by atoms with Crippen LogP contribution in [-0.4, -0.2) is 44.3 Å². The van der Waals surface area contributed by atoms with Gasteiger partial charge in [-0.2, -0.15) is 0 Å². The van der Waals surface area contributed by atoms with Crippen LogP contribution in [0.25, 0.3) is 0 Å². The third-order valence-electron chi connectivity index (χ3n) is 4.03. The molecule has 0 fully saturated rings. The summed E-state index contributed by atoms with van der Waals surface area (Å²) in [5.41, 5.74) is 0.126. The van der Waals surface area contributed by atoms with Gasteiger partial charge in [-0.15, -0.1) is 0 Å². The van der Waals surface area contributed by atoms with Crippen molar-refractivity contribution in [3.8, 4) is 0 Å². The van der Waals surface area contributed by atoms with Gasteiger partial charge in [0.2, 0.25) is 0 Å². The van der Waals surface area contributed by atoms with E-state index in [4.69, 9.17) is 20.4 Å². The van der Waals surface area contributed by atoms with E-state index in [2.05, 4.69) is 0 Å². The van der Waals surface area contributed by atoms with E-state index in [1.807, 2.05) is 13.8 Å². The number of carboxylic acid groups (broad SMARTS) is 4. The minimum Gasteiger partial charge on any atom is -0.478 e. The summed E-state index contributed by atoms with van der Waals surface area (Å²) >= 11 is 0. The molecule has 0 aliphatic rings. The van der Waals surface area contributed by atoms with Gasteiger partial charge in [0.25, 0.3) is 0 Å². The van der Waals surface area contributed by atoms with E-state index in [0.29, 0.717) is 25.7 Å². The van der Waals surface area contributed by atoms with Crippen molar-refractivity contribution in [3.05, 3.63) is 22.3 Å². The number of carboxylic acids is 4. The molecular weight excluding hydrogens is 368 g/mol. The Morgan fingerprint density at radius 1 is 0.500 bits per heavy atom. The van der Waals surface area contributed by atoms with Gasteiger partial charge in [-0.05, 0) is 38.5 Å². The number of unbranched alkanes of at least 4 members (excludes halogenated alkanes) is 2. The second-order valence-electron chi connectivity index (χ2n) is 6.05. The van der Waals surface area contributed by atoms with Crippen LogP contribution in [-0.2, 0) is 19.2 Å². The van der Waals surface area contributed by atoms with Crippen molar-refractivity contribution >= 4 is 23.9 Å². The maximum atomic E-state index is 11.0. The molecule has 0 radical (unpaired) electrons. The van der Waals surface area contributed by atoms with Crippen LogP contribution in [0.15, 0.2) is 22.3 Å². The summed E-state index contributed by atoms with van der Waals surface area (Å²) in [5.74, 6) is -4.47. The van der Waals surface area contributed by atoms with Crippen molar-refractivity contribution in [1.82, 2.24) is 0 Å². The molecule has 0 saturated carbocycles.